The van der Waals surface area contributed by atoms with Crippen molar-refractivity contribution in [3.63, 3.8) is 0 Å². The summed E-state index contributed by atoms with van der Waals surface area (Å²) in [5.74, 6) is -1.11. The van der Waals surface area contributed by atoms with Gasteiger partial charge in [-0.25, -0.2) is 0 Å². The van der Waals surface area contributed by atoms with Crippen molar-refractivity contribution < 1.29 is 19.5 Å². The van der Waals surface area contributed by atoms with Gasteiger partial charge in [0.15, 0.2) is 0 Å². The highest BCUT2D eigenvalue weighted by atomic mass is 32.1. The average Bonchev–Trinajstić information content (AvgIpc) is 3.12. The Kier molecular flexibility index (Phi) is 4.38. The summed E-state index contributed by atoms with van der Waals surface area (Å²) in [6, 6.07) is 9.71. The molecule has 2 N–H and O–H groups in total. The van der Waals surface area contributed by atoms with Crippen LogP contribution in [0.4, 0.5) is 0 Å². The SMILES string of the molecule is CC(O)(CNC(=O)CN1C(=O)CCC1=O)c1cc2ccccc2s1. The molecule has 1 aliphatic rings. The van der Waals surface area contributed by atoms with Gasteiger partial charge in [-0.15, -0.1) is 11.3 Å². The van der Waals surface area contributed by atoms with Crippen LogP contribution in [0.5, 0.6) is 0 Å². The largest absolute Gasteiger partial charge is 0.383 e. The van der Waals surface area contributed by atoms with Crippen molar-refractivity contribution in [2.24, 2.45) is 0 Å². The van der Waals surface area contributed by atoms with Crippen molar-refractivity contribution in [1.82, 2.24) is 10.2 Å². The summed E-state index contributed by atoms with van der Waals surface area (Å²) in [4.78, 5) is 36.7. The quantitative estimate of drug-likeness (QED) is 0.801. The lowest BCUT2D eigenvalue weighted by atomic mass is 10.0. The molecule has 1 aliphatic heterocycles. The van der Waals surface area contributed by atoms with E-state index in [1.807, 2.05) is 30.3 Å². The fourth-order valence-corrected chi connectivity index (χ4v) is 3.71. The van der Waals surface area contributed by atoms with Crippen molar-refractivity contribution in [3.8, 4) is 0 Å². The normalized spacial score (nSPS) is 17.3. The summed E-state index contributed by atoms with van der Waals surface area (Å²) < 4.78 is 1.06. The standard InChI is InChI=1S/C17H18N2O4S/c1-17(23,13-8-11-4-2-3-5-12(11)24-13)10-18-14(20)9-19-15(21)6-7-16(19)22/h2-5,8,23H,6-7,9-10H2,1H3,(H,18,20). The van der Waals surface area contributed by atoms with Crippen LogP contribution < -0.4 is 5.32 Å². The minimum atomic E-state index is -1.22. The maximum absolute atomic E-state index is 12.0. The Balaban J connectivity index is 1.63. The Bertz CT molecular complexity index is 763. The molecule has 1 unspecified atom stereocenters. The lowest BCUT2D eigenvalue weighted by Crippen LogP contribution is -2.44. The molecule has 3 amide bonds. The number of amides is 3. The van der Waals surface area contributed by atoms with Gasteiger partial charge in [0.2, 0.25) is 17.7 Å². The van der Waals surface area contributed by atoms with Crippen LogP contribution in [-0.4, -0.2) is 40.8 Å². The minimum Gasteiger partial charge on any atom is -0.383 e. The van der Waals surface area contributed by atoms with Gasteiger partial charge in [-0.05, 0) is 24.4 Å². The monoisotopic (exact) mass is 346 g/mol. The molecular formula is C17H18N2O4S. The summed E-state index contributed by atoms with van der Waals surface area (Å²) >= 11 is 1.47. The van der Waals surface area contributed by atoms with Gasteiger partial charge in [0, 0.05) is 22.4 Å². The van der Waals surface area contributed by atoms with E-state index in [9.17, 15) is 19.5 Å². The minimum absolute atomic E-state index is 0.00881. The van der Waals surface area contributed by atoms with E-state index >= 15 is 0 Å². The first-order chi connectivity index (χ1) is 11.4. The molecule has 0 aliphatic carbocycles. The fourth-order valence-electron chi connectivity index (χ4n) is 2.60. The molecule has 0 saturated carbocycles. The number of fused-ring (bicyclic) bond motifs is 1. The van der Waals surface area contributed by atoms with Crippen LogP contribution in [0.15, 0.2) is 30.3 Å². The second kappa shape index (κ2) is 6.33. The van der Waals surface area contributed by atoms with Crippen LogP contribution in [0.3, 0.4) is 0 Å². The number of benzene rings is 1. The molecule has 0 radical (unpaired) electrons. The molecule has 6 nitrogen and oxygen atoms in total. The summed E-state index contributed by atoms with van der Waals surface area (Å²) in [7, 11) is 0. The number of carbonyl (C=O) groups is 3. The van der Waals surface area contributed by atoms with E-state index < -0.39 is 11.5 Å². The second-order valence-electron chi connectivity index (χ2n) is 6.07. The Morgan fingerprint density at radius 1 is 1.29 bits per heavy atom. The fraction of sp³-hybridized carbons (Fsp3) is 0.353. The van der Waals surface area contributed by atoms with Gasteiger partial charge >= 0.3 is 0 Å². The van der Waals surface area contributed by atoms with Crippen LogP contribution in [0.2, 0.25) is 0 Å². The number of carbonyl (C=O) groups excluding carboxylic acids is 3. The highest BCUT2D eigenvalue weighted by Gasteiger charge is 2.31. The number of hydrogen-bond donors (Lipinski definition) is 2. The highest BCUT2D eigenvalue weighted by Crippen LogP contribution is 2.32. The summed E-state index contributed by atoms with van der Waals surface area (Å²) in [5, 5.41) is 14.3. The molecule has 7 heteroatoms. The van der Waals surface area contributed by atoms with Gasteiger partial charge in [0.25, 0.3) is 0 Å². The molecule has 1 aromatic carbocycles. The predicted molar refractivity (Wildman–Crippen MR) is 90.4 cm³/mol. The number of hydrogen-bond acceptors (Lipinski definition) is 5. The van der Waals surface area contributed by atoms with Gasteiger partial charge < -0.3 is 10.4 Å². The first-order valence-corrected chi connectivity index (χ1v) is 8.50. The molecule has 24 heavy (non-hydrogen) atoms. The molecule has 2 aromatic rings. The maximum atomic E-state index is 12.0. The van der Waals surface area contributed by atoms with Gasteiger partial charge in [0.05, 0.1) is 6.54 Å². The third-order valence-corrected chi connectivity index (χ3v) is 5.41. The Morgan fingerprint density at radius 3 is 2.62 bits per heavy atom. The van der Waals surface area contributed by atoms with E-state index in [1.54, 1.807) is 6.92 Å². The third kappa shape index (κ3) is 3.32. The number of likely N-dealkylation sites (tertiary alicyclic amines) is 1. The number of rotatable bonds is 5. The average molecular weight is 346 g/mol. The Hall–Kier alpha value is -2.25. The van der Waals surface area contributed by atoms with Crippen molar-refractivity contribution >= 4 is 39.1 Å². The van der Waals surface area contributed by atoms with Gasteiger partial charge in [-0.2, -0.15) is 0 Å². The van der Waals surface area contributed by atoms with Crippen molar-refractivity contribution in [1.29, 1.82) is 0 Å². The Morgan fingerprint density at radius 2 is 1.96 bits per heavy atom. The van der Waals surface area contributed by atoms with E-state index in [1.165, 1.54) is 11.3 Å². The molecule has 1 atom stereocenters. The zero-order valence-electron chi connectivity index (χ0n) is 13.2. The number of nitrogens with zero attached hydrogens (tertiary/aromatic N) is 1. The molecule has 1 fully saturated rings. The number of thiophene rings is 1. The van der Waals surface area contributed by atoms with Crippen molar-refractivity contribution in [2.45, 2.75) is 25.4 Å². The molecule has 3 rings (SSSR count). The van der Waals surface area contributed by atoms with Gasteiger partial charge in [-0.3, -0.25) is 19.3 Å². The van der Waals surface area contributed by atoms with E-state index in [-0.39, 0.29) is 37.7 Å². The predicted octanol–water partition coefficient (Wildman–Crippen LogP) is 1.37. The first-order valence-electron chi connectivity index (χ1n) is 7.68. The third-order valence-electron chi connectivity index (χ3n) is 4.04. The molecule has 1 aromatic heterocycles. The van der Waals surface area contributed by atoms with Crippen LogP contribution in [-0.2, 0) is 20.0 Å². The lowest BCUT2D eigenvalue weighted by Gasteiger charge is -2.23. The van der Waals surface area contributed by atoms with E-state index in [0.29, 0.717) is 0 Å². The van der Waals surface area contributed by atoms with Crippen LogP contribution >= 0.6 is 11.3 Å². The molecular weight excluding hydrogens is 328 g/mol. The van der Waals surface area contributed by atoms with Crippen molar-refractivity contribution in [3.05, 3.63) is 35.2 Å². The number of imide groups is 1. The van der Waals surface area contributed by atoms with Crippen LogP contribution in [0.1, 0.15) is 24.6 Å². The Labute approximate surface area is 143 Å². The summed E-state index contributed by atoms with van der Waals surface area (Å²) in [5.41, 5.74) is -1.22. The van der Waals surface area contributed by atoms with E-state index in [0.717, 1.165) is 19.9 Å². The van der Waals surface area contributed by atoms with Crippen molar-refractivity contribution in [2.75, 3.05) is 13.1 Å². The number of aliphatic hydroxyl groups is 1. The first kappa shape index (κ1) is 16.6. The maximum Gasteiger partial charge on any atom is 0.240 e. The molecule has 2 heterocycles. The zero-order chi connectivity index (χ0) is 17.3. The number of nitrogens with one attached hydrogen (secondary N) is 1. The molecule has 0 spiro atoms. The van der Waals surface area contributed by atoms with Crippen LogP contribution in [0, 0.1) is 0 Å². The smallest absolute Gasteiger partial charge is 0.240 e. The molecule has 1 saturated heterocycles. The van der Waals surface area contributed by atoms with Gasteiger partial charge in [-0.1, -0.05) is 18.2 Å². The highest BCUT2D eigenvalue weighted by molar-refractivity contribution is 7.19. The van der Waals surface area contributed by atoms with E-state index in [4.69, 9.17) is 0 Å². The summed E-state index contributed by atoms with van der Waals surface area (Å²) in [6.45, 7) is 1.35. The lowest BCUT2D eigenvalue weighted by molar-refractivity contribution is -0.142. The summed E-state index contributed by atoms with van der Waals surface area (Å²) in [6.07, 6.45) is 0.317. The van der Waals surface area contributed by atoms with Gasteiger partial charge in [0.1, 0.15) is 12.1 Å². The second-order valence-corrected chi connectivity index (χ2v) is 7.16. The van der Waals surface area contributed by atoms with E-state index in [2.05, 4.69) is 5.32 Å². The molecule has 126 valence electrons. The topological polar surface area (TPSA) is 86.7 Å². The van der Waals surface area contributed by atoms with Crippen LogP contribution in [0.25, 0.3) is 10.1 Å². The molecule has 0 bridgehead atoms. The zero-order valence-corrected chi connectivity index (χ0v) is 14.1.